The number of imidazole rings is 1. The van der Waals surface area contributed by atoms with Gasteiger partial charge in [-0.3, -0.25) is 24.5 Å². The first-order valence-corrected chi connectivity index (χ1v) is 9.69. The number of anilines is 1. The molecule has 0 radical (unpaired) electrons. The molecule has 12 heteroatoms. The molecule has 3 heterocycles. The second-order valence-corrected chi connectivity index (χ2v) is 7.24. The van der Waals surface area contributed by atoms with Gasteiger partial charge in [-0.1, -0.05) is 20.8 Å². The molecule has 2 aromatic heterocycles. The number of H-pyrrole nitrogens is 1. The molecule has 11 nitrogen and oxygen atoms in total. The van der Waals surface area contributed by atoms with Gasteiger partial charge in [-0.05, 0) is 6.42 Å². The lowest BCUT2D eigenvalue weighted by Gasteiger charge is -2.16. The van der Waals surface area contributed by atoms with E-state index < -0.39 is 26.1 Å². The van der Waals surface area contributed by atoms with Crippen LogP contribution in [0, 0.1) is 5.92 Å². The van der Waals surface area contributed by atoms with Crippen molar-refractivity contribution in [2.24, 2.45) is 5.92 Å². The van der Waals surface area contributed by atoms with Crippen molar-refractivity contribution in [1.29, 1.82) is 0 Å². The Kier molecular flexibility index (Phi) is 5.66. The smallest absolute Gasteiger partial charge is 0.352 e. The molecule has 0 aliphatic carbocycles. The van der Waals surface area contributed by atoms with Crippen LogP contribution >= 0.6 is 8.25 Å². The van der Waals surface area contributed by atoms with Crippen LogP contribution in [0.4, 0.5) is 5.95 Å². The van der Waals surface area contributed by atoms with Gasteiger partial charge in [-0.25, -0.2) is 4.98 Å². The lowest BCUT2D eigenvalue weighted by molar-refractivity contribution is -0.118. The number of aromatic nitrogens is 4. The Morgan fingerprint density at radius 3 is 2.96 bits per heavy atom. The summed E-state index contributed by atoms with van der Waals surface area (Å²) < 4.78 is 23.6. The second kappa shape index (κ2) is 7.81. The number of hydrogen-bond donors (Lipinski definition) is 3. The minimum absolute atomic E-state index is 0.0105. The maximum absolute atomic E-state index is 12.3. The zero-order valence-corrected chi connectivity index (χ0v) is 16.0. The normalized spacial score (nSPS) is 23.1. The molecule has 3 N–H and O–H groups in total. The summed E-state index contributed by atoms with van der Waals surface area (Å²) in [5.41, 5.74) is -0.275. The molecule has 1 fully saturated rings. The van der Waals surface area contributed by atoms with Crippen molar-refractivity contribution < 1.29 is 23.5 Å². The number of aromatic amines is 1. The molecule has 1 unspecified atom stereocenters. The molecule has 1 aliphatic rings. The Balaban J connectivity index is 2.01. The highest BCUT2D eigenvalue weighted by molar-refractivity contribution is 7.32. The molecule has 0 saturated carbocycles. The van der Waals surface area contributed by atoms with Gasteiger partial charge in [-0.2, -0.15) is 4.98 Å². The Morgan fingerprint density at radius 2 is 2.33 bits per heavy atom. The molecular weight excluding hydrogens is 377 g/mol. The van der Waals surface area contributed by atoms with Crippen molar-refractivity contribution in [3.8, 4) is 0 Å². The van der Waals surface area contributed by atoms with Gasteiger partial charge in [0.05, 0.1) is 12.4 Å². The standard InChI is InChI=1S/C15H20N5O6P/c1-4-8-5-9(26-27(23)24)14(25-8)20-6-16-10-11(20)17-15(19-13(10)22)18-12(21)7(2)3/h6-9,14H,4-5H2,1-3H3,(H2-,17,18,19,21,22,23,24)/p+1/t8-,9-,14-/m1/s1. The van der Waals surface area contributed by atoms with Gasteiger partial charge in [0.15, 0.2) is 23.5 Å². The van der Waals surface area contributed by atoms with Crippen molar-refractivity contribution >= 4 is 31.3 Å². The second-order valence-electron chi connectivity index (χ2n) is 6.56. The number of nitrogens with zero attached hydrogens (tertiary/aromatic N) is 3. The lowest BCUT2D eigenvalue weighted by atomic mass is 10.1. The number of carbonyl (C=O) groups excluding carboxylic acids is 1. The van der Waals surface area contributed by atoms with Crippen LogP contribution in [0.5, 0.6) is 0 Å². The van der Waals surface area contributed by atoms with Gasteiger partial charge >= 0.3 is 8.25 Å². The highest BCUT2D eigenvalue weighted by Gasteiger charge is 2.42. The maximum Gasteiger partial charge on any atom is 0.695 e. The van der Waals surface area contributed by atoms with Crippen molar-refractivity contribution in [2.75, 3.05) is 5.32 Å². The van der Waals surface area contributed by atoms with E-state index in [1.807, 2.05) is 6.92 Å². The molecule has 1 saturated heterocycles. The molecule has 27 heavy (non-hydrogen) atoms. The molecular formula is C15H21N5O6P+. The average Bonchev–Trinajstić information content (AvgIpc) is 3.18. The number of rotatable bonds is 6. The van der Waals surface area contributed by atoms with Gasteiger partial charge < -0.3 is 4.74 Å². The van der Waals surface area contributed by atoms with Crippen molar-refractivity contribution in [1.82, 2.24) is 19.5 Å². The van der Waals surface area contributed by atoms with Crippen molar-refractivity contribution in [3.63, 3.8) is 0 Å². The Labute approximate surface area is 155 Å². The highest BCUT2D eigenvalue weighted by atomic mass is 31.1. The minimum atomic E-state index is -2.82. The van der Waals surface area contributed by atoms with Crippen LogP contribution in [0.15, 0.2) is 11.1 Å². The lowest BCUT2D eigenvalue weighted by Crippen LogP contribution is -2.24. The number of hydrogen-bond acceptors (Lipinski definition) is 7. The predicted molar refractivity (Wildman–Crippen MR) is 95.1 cm³/mol. The topological polar surface area (TPSA) is 148 Å². The summed E-state index contributed by atoms with van der Waals surface area (Å²) in [5, 5.41) is 2.54. The van der Waals surface area contributed by atoms with Gasteiger partial charge in [0.1, 0.15) is 0 Å². The van der Waals surface area contributed by atoms with Crippen LogP contribution in [0.1, 0.15) is 39.8 Å². The third-order valence-electron chi connectivity index (χ3n) is 4.30. The Morgan fingerprint density at radius 1 is 1.59 bits per heavy atom. The van der Waals surface area contributed by atoms with Gasteiger partial charge in [0.25, 0.3) is 5.56 Å². The molecule has 2 aromatic rings. The summed E-state index contributed by atoms with van der Waals surface area (Å²) in [6.07, 6.45) is 0.835. The molecule has 0 bridgehead atoms. The fraction of sp³-hybridized carbons (Fsp3) is 0.600. The molecule has 3 rings (SSSR count). The zero-order chi connectivity index (χ0) is 19.7. The van der Waals surface area contributed by atoms with Crippen molar-refractivity contribution in [2.45, 2.75) is 52.0 Å². The van der Waals surface area contributed by atoms with Crippen LogP contribution in [0.25, 0.3) is 11.2 Å². The van der Waals surface area contributed by atoms with Crippen molar-refractivity contribution in [3.05, 3.63) is 16.7 Å². The molecule has 146 valence electrons. The van der Waals surface area contributed by atoms with Crippen LogP contribution in [0.3, 0.4) is 0 Å². The third kappa shape index (κ3) is 4.06. The largest absolute Gasteiger partial charge is 0.695 e. The summed E-state index contributed by atoms with van der Waals surface area (Å²) in [6, 6.07) is 0. The van der Waals surface area contributed by atoms with Gasteiger partial charge in [-0.15, -0.1) is 9.42 Å². The van der Waals surface area contributed by atoms with E-state index in [0.717, 1.165) is 0 Å². The van der Waals surface area contributed by atoms with Crippen LogP contribution < -0.4 is 10.9 Å². The summed E-state index contributed by atoms with van der Waals surface area (Å²) in [5.74, 6) is -0.605. The summed E-state index contributed by atoms with van der Waals surface area (Å²) >= 11 is 0. The molecule has 0 aromatic carbocycles. The van der Waals surface area contributed by atoms with Gasteiger partial charge in [0.2, 0.25) is 11.9 Å². The van der Waals surface area contributed by atoms with E-state index >= 15 is 0 Å². The molecule has 4 atom stereocenters. The van der Waals surface area contributed by atoms with E-state index in [4.69, 9.17) is 14.2 Å². The van der Waals surface area contributed by atoms with E-state index in [9.17, 15) is 14.2 Å². The number of carbonyl (C=O) groups is 1. The van der Waals surface area contributed by atoms with E-state index in [1.54, 1.807) is 13.8 Å². The summed E-state index contributed by atoms with van der Waals surface area (Å²) in [6.45, 7) is 5.36. The fourth-order valence-electron chi connectivity index (χ4n) is 2.87. The number of nitrogens with one attached hydrogen (secondary N) is 2. The molecule has 0 spiro atoms. The first-order valence-electron chi connectivity index (χ1n) is 8.56. The minimum Gasteiger partial charge on any atom is -0.352 e. The number of ether oxygens (including phenoxy) is 1. The Hall–Kier alpha value is -2.20. The fourth-order valence-corrected chi connectivity index (χ4v) is 3.29. The highest BCUT2D eigenvalue weighted by Crippen LogP contribution is 2.38. The van der Waals surface area contributed by atoms with Crippen LogP contribution in [0.2, 0.25) is 0 Å². The average molecular weight is 398 g/mol. The first kappa shape index (κ1) is 19.6. The zero-order valence-electron chi connectivity index (χ0n) is 15.1. The summed E-state index contributed by atoms with van der Waals surface area (Å²) in [7, 11) is -2.82. The van der Waals surface area contributed by atoms with E-state index in [1.165, 1.54) is 10.9 Å². The quantitative estimate of drug-likeness (QED) is 0.619. The van der Waals surface area contributed by atoms with Gasteiger partial charge in [0, 0.05) is 16.9 Å². The monoisotopic (exact) mass is 398 g/mol. The van der Waals surface area contributed by atoms with E-state index in [0.29, 0.717) is 12.8 Å². The SMILES string of the molecule is CC[C@@H]1C[C@@H](O[P+](=O)O)[C@H](n2cnc3c(=O)[nH]c(NC(=O)C(C)C)nc32)O1. The number of fused-ring (bicyclic) bond motifs is 1. The molecule has 1 amide bonds. The summed E-state index contributed by atoms with van der Waals surface area (Å²) in [4.78, 5) is 44.1. The van der Waals surface area contributed by atoms with Crippen LogP contribution in [-0.4, -0.2) is 42.5 Å². The molecule has 1 aliphatic heterocycles. The van der Waals surface area contributed by atoms with Crippen LogP contribution in [-0.2, 0) is 18.6 Å². The predicted octanol–water partition coefficient (Wildman–Crippen LogP) is 1.45. The maximum atomic E-state index is 12.3. The van der Waals surface area contributed by atoms with E-state index in [-0.39, 0.29) is 35.0 Å². The third-order valence-corrected chi connectivity index (χ3v) is 4.75. The number of amides is 1. The first-order chi connectivity index (χ1) is 12.8. The Bertz CT molecular complexity index is 925. The van der Waals surface area contributed by atoms with E-state index in [2.05, 4.69) is 20.3 Å².